The van der Waals surface area contributed by atoms with E-state index in [0.717, 1.165) is 18.4 Å². The third kappa shape index (κ3) is 5.50. The molecule has 1 amide bonds. The Bertz CT molecular complexity index is 966. The number of amides is 1. The van der Waals surface area contributed by atoms with Crippen LogP contribution in [-0.4, -0.2) is 27.1 Å². The molecule has 0 fully saturated rings. The average molecular weight is 441 g/mol. The number of benzene rings is 2. The van der Waals surface area contributed by atoms with Crippen LogP contribution in [-0.2, 0) is 21.0 Å². The summed E-state index contributed by atoms with van der Waals surface area (Å²) in [6.45, 7) is -0.747. The zero-order chi connectivity index (χ0) is 20.4. The normalized spacial score (nSPS) is 11.9. The minimum absolute atomic E-state index is 0.225. The van der Waals surface area contributed by atoms with E-state index in [-0.39, 0.29) is 16.4 Å². The molecule has 0 aliphatic rings. The Hall–Kier alpha value is -1.97. The molecule has 2 aromatic rings. The topological polar surface area (TPSA) is 66.5 Å². The van der Waals surface area contributed by atoms with Gasteiger partial charge in [-0.25, -0.2) is 8.42 Å². The van der Waals surface area contributed by atoms with E-state index < -0.39 is 39.2 Å². The van der Waals surface area contributed by atoms with E-state index in [2.05, 4.69) is 5.32 Å². The van der Waals surface area contributed by atoms with Crippen molar-refractivity contribution >= 4 is 50.5 Å². The van der Waals surface area contributed by atoms with Gasteiger partial charge >= 0.3 is 6.18 Å². The highest BCUT2D eigenvalue weighted by atomic mass is 35.5. The highest BCUT2D eigenvalue weighted by molar-refractivity contribution is 7.92. The molecule has 0 aliphatic carbocycles. The van der Waals surface area contributed by atoms with Gasteiger partial charge in [0.15, 0.2) is 0 Å². The molecule has 0 aromatic heterocycles. The second kappa shape index (κ2) is 7.95. The summed E-state index contributed by atoms with van der Waals surface area (Å²) in [5.74, 6) is -0.781. The number of alkyl halides is 3. The Labute approximate surface area is 163 Å². The van der Waals surface area contributed by atoms with Crippen LogP contribution in [0.1, 0.15) is 5.56 Å². The molecule has 0 unspecified atom stereocenters. The Balaban J connectivity index is 2.35. The van der Waals surface area contributed by atoms with Crippen molar-refractivity contribution in [2.45, 2.75) is 6.18 Å². The third-order valence-corrected chi connectivity index (χ3v) is 5.18. The number of hydrogen-bond donors (Lipinski definition) is 1. The maximum atomic E-state index is 13.0. The highest BCUT2D eigenvalue weighted by Gasteiger charge is 2.34. The molecular formula is C16H13Cl2F3N2O3S. The summed E-state index contributed by atoms with van der Waals surface area (Å²) >= 11 is 11.5. The number of nitrogens with one attached hydrogen (secondary N) is 1. The highest BCUT2D eigenvalue weighted by Crippen LogP contribution is 2.37. The van der Waals surface area contributed by atoms with Gasteiger partial charge in [-0.2, -0.15) is 13.2 Å². The van der Waals surface area contributed by atoms with Crippen LogP contribution in [0, 0.1) is 0 Å². The fourth-order valence-corrected chi connectivity index (χ4v) is 3.42. The van der Waals surface area contributed by atoms with Gasteiger partial charge in [0.1, 0.15) is 6.54 Å². The van der Waals surface area contributed by atoms with Gasteiger partial charge in [0, 0.05) is 0 Å². The Morgan fingerprint density at radius 2 is 1.74 bits per heavy atom. The van der Waals surface area contributed by atoms with Crippen molar-refractivity contribution in [3.8, 4) is 0 Å². The van der Waals surface area contributed by atoms with Crippen LogP contribution in [0.15, 0.2) is 42.5 Å². The molecule has 2 rings (SSSR count). The quantitative estimate of drug-likeness (QED) is 0.748. The maximum Gasteiger partial charge on any atom is 0.417 e. The number of hydrogen-bond acceptors (Lipinski definition) is 3. The van der Waals surface area contributed by atoms with Crippen LogP contribution in [0.5, 0.6) is 0 Å². The molecular weight excluding hydrogens is 428 g/mol. The SMILES string of the molecule is CS(=O)(=O)N(CC(=O)Nc1ccccc1Cl)c1ccc(Cl)c(C(F)(F)F)c1. The number of nitrogens with zero attached hydrogens (tertiary/aromatic N) is 1. The second-order valence-electron chi connectivity index (χ2n) is 5.46. The van der Waals surface area contributed by atoms with Crippen molar-refractivity contribution in [2.75, 3.05) is 22.4 Å². The minimum atomic E-state index is -4.78. The number of sulfonamides is 1. The van der Waals surface area contributed by atoms with Gasteiger partial charge < -0.3 is 5.32 Å². The van der Waals surface area contributed by atoms with E-state index in [9.17, 15) is 26.4 Å². The molecule has 2 aromatic carbocycles. The van der Waals surface area contributed by atoms with Crippen molar-refractivity contribution in [3.63, 3.8) is 0 Å². The number of para-hydroxylation sites is 1. The first-order valence-corrected chi connectivity index (χ1v) is 9.89. The van der Waals surface area contributed by atoms with E-state index in [1.807, 2.05) is 0 Å². The predicted molar refractivity (Wildman–Crippen MR) is 98.7 cm³/mol. The molecule has 1 N–H and O–H groups in total. The summed E-state index contributed by atoms with van der Waals surface area (Å²) in [5, 5.41) is 2.05. The van der Waals surface area contributed by atoms with E-state index in [0.29, 0.717) is 10.4 Å². The van der Waals surface area contributed by atoms with Crippen molar-refractivity contribution in [1.29, 1.82) is 0 Å². The lowest BCUT2D eigenvalue weighted by Crippen LogP contribution is -2.37. The summed E-state index contributed by atoms with van der Waals surface area (Å²) in [5.41, 5.74) is -1.31. The summed E-state index contributed by atoms with van der Waals surface area (Å²) in [6, 6.07) is 8.82. The maximum absolute atomic E-state index is 13.0. The lowest BCUT2D eigenvalue weighted by molar-refractivity contribution is -0.137. The Kier molecular flexibility index (Phi) is 6.28. The van der Waals surface area contributed by atoms with Gasteiger partial charge in [-0.1, -0.05) is 35.3 Å². The molecule has 0 bridgehead atoms. The first kappa shape index (κ1) is 21.3. The summed E-state index contributed by atoms with van der Waals surface area (Å²) in [4.78, 5) is 12.2. The van der Waals surface area contributed by atoms with E-state index in [1.165, 1.54) is 12.1 Å². The van der Waals surface area contributed by atoms with Crippen LogP contribution in [0.4, 0.5) is 24.5 Å². The number of halogens is 5. The van der Waals surface area contributed by atoms with Crippen LogP contribution >= 0.6 is 23.2 Å². The molecule has 0 radical (unpaired) electrons. The van der Waals surface area contributed by atoms with Gasteiger partial charge in [-0.15, -0.1) is 0 Å². The largest absolute Gasteiger partial charge is 0.417 e. The molecule has 5 nitrogen and oxygen atoms in total. The van der Waals surface area contributed by atoms with Crippen LogP contribution in [0.25, 0.3) is 0 Å². The van der Waals surface area contributed by atoms with Gasteiger partial charge in [0.2, 0.25) is 15.9 Å². The summed E-state index contributed by atoms with van der Waals surface area (Å²) in [7, 11) is -4.06. The lowest BCUT2D eigenvalue weighted by atomic mass is 10.2. The van der Waals surface area contributed by atoms with Crippen molar-refractivity contribution in [3.05, 3.63) is 58.1 Å². The van der Waals surface area contributed by atoms with Crippen molar-refractivity contribution in [1.82, 2.24) is 0 Å². The van der Waals surface area contributed by atoms with Crippen LogP contribution in [0.3, 0.4) is 0 Å². The standard InChI is InChI=1S/C16H13Cl2F3N2O3S/c1-27(25,26)23(9-15(24)22-14-5-3-2-4-13(14)18)10-6-7-12(17)11(8-10)16(19,20)21/h2-8H,9H2,1H3,(H,22,24). The molecule has 0 aliphatic heterocycles. The first-order valence-electron chi connectivity index (χ1n) is 7.28. The Morgan fingerprint density at radius 1 is 1.11 bits per heavy atom. The van der Waals surface area contributed by atoms with Crippen LogP contribution in [0.2, 0.25) is 10.0 Å². The smallest absolute Gasteiger partial charge is 0.323 e. The molecule has 0 saturated heterocycles. The third-order valence-electron chi connectivity index (χ3n) is 3.38. The van der Waals surface area contributed by atoms with Crippen molar-refractivity contribution in [2.24, 2.45) is 0 Å². The number of rotatable bonds is 5. The predicted octanol–water partition coefficient (Wildman–Crippen LogP) is 4.42. The summed E-state index contributed by atoms with van der Waals surface area (Å²) < 4.78 is 63.7. The van der Waals surface area contributed by atoms with Gasteiger partial charge in [-0.05, 0) is 30.3 Å². The second-order valence-corrected chi connectivity index (χ2v) is 8.18. The van der Waals surface area contributed by atoms with Crippen molar-refractivity contribution < 1.29 is 26.4 Å². The van der Waals surface area contributed by atoms with Crippen LogP contribution < -0.4 is 9.62 Å². The average Bonchev–Trinajstić information content (AvgIpc) is 2.53. The van der Waals surface area contributed by atoms with Gasteiger partial charge in [-0.3, -0.25) is 9.10 Å². The number of carbonyl (C=O) groups is 1. The van der Waals surface area contributed by atoms with E-state index in [1.54, 1.807) is 12.1 Å². The molecule has 146 valence electrons. The lowest BCUT2D eigenvalue weighted by Gasteiger charge is -2.23. The van der Waals surface area contributed by atoms with Gasteiger partial charge in [0.25, 0.3) is 0 Å². The molecule has 0 saturated carbocycles. The van der Waals surface area contributed by atoms with Gasteiger partial charge in [0.05, 0.1) is 33.2 Å². The fourth-order valence-electron chi connectivity index (χ4n) is 2.17. The fraction of sp³-hybridized carbons (Fsp3) is 0.188. The Morgan fingerprint density at radius 3 is 2.30 bits per heavy atom. The molecule has 0 atom stereocenters. The monoisotopic (exact) mass is 440 g/mol. The minimum Gasteiger partial charge on any atom is -0.323 e. The van der Waals surface area contributed by atoms with E-state index in [4.69, 9.17) is 23.2 Å². The zero-order valence-electron chi connectivity index (χ0n) is 13.7. The summed E-state index contributed by atoms with van der Waals surface area (Å²) in [6.07, 6.45) is -4.01. The number of carbonyl (C=O) groups excluding carboxylic acids is 1. The molecule has 27 heavy (non-hydrogen) atoms. The van der Waals surface area contributed by atoms with E-state index >= 15 is 0 Å². The first-order chi connectivity index (χ1) is 12.4. The number of anilines is 2. The zero-order valence-corrected chi connectivity index (χ0v) is 16.0. The molecule has 0 heterocycles. The molecule has 0 spiro atoms. The molecule has 11 heteroatoms.